The van der Waals surface area contributed by atoms with E-state index in [9.17, 15) is 49.1 Å². The molecule has 0 amide bonds. The molecular formula is C26H19F9N6O2. The van der Waals surface area contributed by atoms with Crippen LogP contribution in [0.5, 0.6) is 0 Å². The summed E-state index contributed by atoms with van der Waals surface area (Å²) < 4.78 is 124. The van der Waals surface area contributed by atoms with Gasteiger partial charge in [0, 0.05) is 44.0 Å². The predicted molar refractivity (Wildman–Crippen MR) is 134 cm³/mol. The molecule has 8 nitrogen and oxygen atoms in total. The molecule has 4 aromatic rings. The molecule has 0 unspecified atom stereocenters. The summed E-state index contributed by atoms with van der Waals surface area (Å²) in [5, 5.41) is 7.36. The van der Waals surface area contributed by atoms with E-state index in [2.05, 4.69) is 20.4 Å². The summed E-state index contributed by atoms with van der Waals surface area (Å²) in [6, 6.07) is 2.17. The Balaban J connectivity index is 1.40. The van der Waals surface area contributed by atoms with Gasteiger partial charge in [-0.1, -0.05) is 0 Å². The highest BCUT2D eigenvalue weighted by Gasteiger charge is 2.43. The number of H-pyrrole nitrogens is 1. The van der Waals surface area contributed by atoms with Crippen LogP contribution in [0.1, 0.15) is 30.4 Å². The van der Waals surface area contributed by atoms with E-state index in [1.54, 1.807) is 5.10 Å². The number of rotatable bonds is 5. The lowest BCUT2D eigenvalue weighted by molar-refractivity contribution is -0.139. The van der Waals surface area contributed by atoms with E-state index in [4.69, 9.17) is 0 Å². The van der Waals surface area contributed by atoms with E-state index in [1.807, 2.05) is 0 Å². The molecule has 0 bridgehead atoms. The molecule has 1 fully saturated rings. The standard InChI is InChI=1S/C26H19F9N6O2/c27-18-5-16-13(4-17(18)21-36-8-14(9-37-21)25(30,31)32)1-2-41(23(16)43)11-12-3-15(7-24(28,29)6-12)39-19-10-38-40-22(42)20(19)26(33,34)35/h1-2,4-5,8-10,12,15H,3,6-7,11H2,(H2,39,40,42)/t12-,15+/m1/s1. The summed E-state index contributed by atoms with van der Waals surface area (Å²) in [5.41, 5.74) is -6.08. The summed E-state index contributed by atoms with van der Waals surface area (Å²) >= 11 is 0. The molecule has 0 radical (unpaired) electrons. The van der Waals surface area contributed by atoms with E-state index in [-0.39, 0.29) is 35.1 Å². The van der Waals surface area contributed by atoms with Gasteiger partial charge in [-0.3, -0.25) is 9.59 Å². The Morgan fingerprint density at radius 2 is 1.70 bits per heavy atom. The highest BCUT2D eigenvalue weighted by molar-refractivity contribution is 5.86. The third-order valence-corrected chi connectivity index (χ3v) is 6.99. The molecule has 1 aromatic carbocycles. The van der Waals surface area contributed by atoms with Crippen molar-refractivity contribution in [3.8, 4) is 11.4 Å². The van der Waals surface area contributed by atoms with Crippen LogP contribution < -0.4 is 16.4 Å². The van der Waals surface area contributed by atoms with Crippen LogP contribution in [0.4, 0.5) is 45.2 Å². The molecule has 2 atom stereocenters. The van der Waals surface area contributed by atoms with Gasteiger partial charge in [0.2, 0.25) is 5.92 Å². The summed E-state index contributed by atoms with van der Waals surface area (Å²) in [4.78, 5) is 32.0. The zero-order valence-corrected chi connectivity index (χ0v) is 21.5. The van der Waals surface area contributed by atoms with Crippen LogP contribution in [-0.4, -0.2) is 36.7 Å². The number of fused-ring (bicyclic) bond motifs is 1. The SMILES string of the molecule is O=c1[nH]ncc(N[C@H]2C[C@@H](Cn3ccc4cc(-c5ncc(C(F)(F)F)cn5)c(F)cc4c3=O)CC(F)(F)C2)c1C(F)(F)F. The lowest BCUT2D eigenvalue weighted by Gasteiger charge is -2.36. The third kappa shape index (κ3) is 6.34. The van der Waals surface area contributed by atoms with Gasteiger partial charge in [0.15, 0.2) is 5.82 Å². The number of halogens is 9. The smallest absolute Gasteiger partial charge is 0.380 e. The number of aromatic nitrogens is 5. The zero-order valence-electron chi connectivity index (χ0n) is 21.5. The lowest BCUT2D eigenvalue weighted by Crippen LogP contribution is -2.41. The number of benzene rings is 1. The number of aromatic amines is 1. The average Bonchev–Trinajstić information content (AvgIpc) is 2.88. The minimum absolute atomic E-state index is 0.0945. The first-order chi connectivity index (χ1) is 20.0. The van der Waals surface area contributed by atoms with Gasteiger partial charge >= 0.3 is 12.4 Å². The van der Waals surface area contributed by atoms with Gasteiger partial charge in [0.25, 0.3) is 11.1 Å². The number of pyridine rings is 1. The van der Waals surface area contributed by atoms with Gasteiger partial charge in [-0.25, -0.2) is 28.2 Å². The molecule has 3 aromatic heterocycles. The summed E-state index contributed by atoms with van der Waals surface area (Å²) in [6.07, 6.45) is -8.48. The van der Waals surface area contributed by atoms with Gasteiger partial charge in [-0.05, 0) is 35.9 Å². The predicted octanol–water partition coefficient (Wildman–Crippen LogP) is 5.63. The van der Waals surface area contributed by atoms with E-state index >= 15 is 0 Å². The van der Waals surface area contributed by atoms with Crippen molar-refractivity contribution in [3.63, 3.8) is 0 Å². The molecule has 1 saturated carbocycles. The zero-order chi connectivity index (χ0) is 31.3. The fraction of sp³-hybridized carbons (Fsp3) is 0.346. The first-order valence-electron chi connectivity index (χ1n) is 12.5. The second kappa shape index (κ2) is 10.7. The number of alkyl halides is 8. The second-order valence-corrected chi connectivity index (χ2v) is 10.2. The Morgan fingerprint density at radius 1 is 1.00 bits per heavy atom. The van der Waals surface area contributed by atoms with E-state index < -0.39 is 76.8 Å². The average molecular weight is 618 g/mol. The van der Waals surface area contributed by atoms with Crippen molar-refractivity contribution in [2.45, 2.75) is 50.1 Å². The number of anilines is 1. The number of nitrogens with one attached hydrogen (secondary N) is 2. The largest absolute Gasteiger partial charge is 0.423 e. The fourth-order valence-electron chi connectivity index (χ4n) is 5.21. The summed E-state index contributed by atoms with van der Waals surface area (Å²) in [5.74, 6) is -5.60. The Hall–Kier alpha value is -4.44. The summed E-state index contributed by atoms with van der Waals surface area (Å²) in [6.45, 7) is -0.284. The number of hydrogen-bond acceptors (Lipinski definition) is 6. The van der Waals surface area contributed by atoms with Crippen LogP contribution in [0.15, 0.2) is 52.6 Å². The van der Waals surface area contributed by atoms with E-state index in [0.717, 1.165) is 10.6 Å². The monoisotopic (exact) mass is 618 g/mol. The second-order valence-electron chi connectivity index (χ2n) is 10.2. The Bertz CT molecular complexity index is 1780. The maximum atomic E-state index is 14.9. The van der Waals surface area contributed by atoms with Gasteiger partial charge in [-0.2, -0.15) is 31.4 Å². The maximum absolute atomic E-state index is 14.9. The maximum Gasteiger partial charge on any atom is 0.423 e. The molecule has 2 N–H and O–H groups in total. The normalized spacial score (nSPS) is 19.0. The molecule has 0 aliphatic heterocycles. The minimum Gasteiger partial charge on any atom is -0.380 e. The van der Waals surface area contributed by atoms with E-state index in [1.165, 1.54) is 18.3 Å². The van der Waals surface area contributed by atoms with Crippen molar-refractivity contribution in [2.75, 3.05) is 5.32 Å². The minimum atomic E-state index is -5.08. The first-order valence-corrected chi connectivity index (χ1v) is 12.5. The van der Waals surface area contributed by atoms with Crippen LogP contribution in [0.3, 0.4) is 0 Å². The molecule has 1 aliphatic carbocycles. The van der Waals surface area contributed by atoms with Crippen LogP contribution in [0.2, 0.25) is 0 Å². The highest BCUT2D eigenvalue weighted by atomic mass is 19.4. The topological polar surface area (TPSA) is 106 Å². The van der Waals surface area contributed by atoms with Crippen LogP contribution in [-0.2, 0) is 18.9 Å². The van der Waals surface area contributed by atoms with Crippen molar-refractivity contribution in [2.24, 2.45) is 5.92 Å². The molecular weight excluding hydrogens is 599 g/mol. The fourth-order valence-corrected chi connectivity index (χ4v) is 5.21. The van der Waals surface area contributed by atoms with Crippen LogP contribution >= 0.6 is 0 Å². The van der Waals surface area contributed by atoms with Crippen molar-refractivity contribution in [1.82, 2.24) is 24.7 Å². The molecule has 43 heavy (non-hydrogen) atoms. The first kappa shape index (κ1) is 30.0. The van der Waals surface area contributed by atoms with Gasteiger partial charge < -0.3 is 9.88 Å². The van der Waals surface area contributed by atoms with Gasteiger partial charge in [0.05, 0.1) is 28.4 Å². The van der Waals surface area contributed by atoms with Crippen molar-refractivity contribution >= 4 is 16.5 Å². The van der Waals surface area contributed by atoms with Gasteiger partial charge in [-0.15, -0.1) is 0 Å². The van der Waals surface area contributed by atoms with Crippen LogP contribution in [0, 0.1) is 11.7 Å². The highest BCUT2D eigenvalue weighted by Crippen LogP contribution is 2.40. The molecule has 17 heteroatoms. The third-order valence-electron chi connectivity index (χ3n) is 6.99. The van der Waals surface area contributed by atoms with Crippen molar-refractivity contribution in [3.05, 3.63) is 80.6 Å². The Kier molecular flexibility index (Phi) is 7.46. The molecule has 0 saturated heterocycles. The number of hydrogen-bond donors (Lipinski definition) is 2. The van der Waals surface area contributed by atoms with Crippen molar-refractivity contribution in [1.29, 1.82) is 0 Å². The molecule has 1 aliphatic rings. The summed E-state index contributed by atoms with van der Waals surface area (Å²) in [7, 11) is 0. The quantitative estimate of drug-likeness (QED) is 0.281. The van der Waals surface area contributed by atoms with E-state index in [0.29, 0.717) is 18.6 Å². The van der Waals surface area contributed by atoms with Crippen molar-refractivity contribution < 1.29 is 39.5 Å². The molecule has 0 spiro atoms. The molecule has 228 valence electrons. The van der Waals surface area contributed by atoms with Gasteiger partial charge in [0.1, 0.15) is 11.4 Å². The van der Waals surface area contributed by atoms with Crippen LogP contribution in [0.25, 0.3) is 22.2 Å². The molecule has 5 rings (SSSR count). The Morgan fingerprint density at radius 3 is 2.35 bits per heavy atom. The lowest BCUT2D eigenvalue weighted by atomic mass is 9.82. The molecule has 3 heterocycles. The Labute approximate surface area is 234 Å². The number of nitrogens with zero attached hydrogens (tertiary/aromatic N) is 4.